The number of thiophene rings is 1. The molecule has 1 aromatic carbocycles. The van der Waals surface area contributed by atoms with Crippen LogP contribution >= 0.6 is 27.3 Å². The minimum Gasteiger partial charge on any atom is -0.267 e. The van der Waals surface area contributed by atoms with Crippen molar-refractivity contribution >= 4 is 38.9 Å². The van der Waals surface area contributed by atoms with E-state index in [0.717, 1.165) is 19.9 Å². The van der Waals surface area contributed by atoms with E-state index in [4.69, 9.17) is 0 Å². The third kappa shape index (κ3) is 3.75. The molecule has 0 saturated heterocycles. The number of halogens is 1. The van der Waals surface area contributed by atoms with E-state index in [-0.39, 0.29) is 5.91 Å². The number of nitrogens with zero attached hydrogens (tertiary/aromatic N) is 1. The molecule has 1 N–H and O–H groups in total. The summed E-state index contributed by atoms with van der Waals surface area (Å²) in [7, 11) is 0. The minimum atomic E-state index is -0.199. The van der Waals surface area contributed by atoms with Gasteiger partial charge in [-0.05, 0) is 54.0 Å². The van der Waals surface area contributed by atoms with Crippen molar-refractivity contribution in [2.45, 2.75) is 13.8 Å². The van der Waals surface area contributed by atoms with Gasteiger partial charge in [0.2, 0.25) is 0 Å². The Morgan fingerprint density at radius 3 is 2.47 bits per heavy atom. The number of carbonyl (C=O) groups is 1. The summed E-state index contributed by atoms with van der Waals surface area (Å²) in [5.74, 6) is -0.199. The molecule has 0 radical (unpaired) electrons. The summed E-state index contributed by atoms with van der Waals surface area (Å²) in [5, 5.41) is 4.11. The van der Waals surface area contributed by atoms with Crippen LogP contribution in [-0.4, -0.2) is 11.6 Å². The molecule has 0 aliphatic heterocycles. The van der Waals surface area contributed by atoms with Gasteiger partial charge in [-0.2, -0.15) is 5.10 Å². The van der Waals surface area contributed by atoms with E-state index in [2.05, 4.69) is 26.5 Å². The van der Waals surface area contributed by atoms with Gasteiger partial charge in [0.25, 0.3) is 5.91 Å². The van der Waals surface area contributed by atoms with Gasteiger partial charge in [-0.3, -0.25) is 4.79 Å². The summed E-state index contributed by atoms with van der Waals surface area (Å²) < 4.78 is 1.04. The van der Waals surface area contributed by atoms with Gasteiger partial charge in [-0.25, -0.2) is 5.43 Å². The van der Waals surface area contributed by atoms with E-state index in [1.807, 2.05) is 38.1 Å². The second kappa shape index (κ2) is 6.12. The Hall–Kier alpha value is -1.46. The number of hydrogen-bond acceptors (Lipinski definition) is 3. The molecule has 1 heterocycles. The maximum atomic E-state index is 11.9. The molecule has 0 spiro atoms. The standard InChI is InChI=1S/C14H13BrN2OS/c1-9-3-5-11(6-4-9)14(18)17-16-10(2)12-7-8-13(15)19-12/h3-8H,1-2H3,(H,17,18)/b16-10-. The Morgan fingerprint density at radius 2 is 1.89 bits per heavy atom. The van der Waals surface area contributed by atoms with E-state index in [9.17, 15) is 4.79 Å². The Morgan fingerprint density at radius 1 is 1.21 bits per heavy atom. The zero-order valence-corrected chi connectivity index (χ0v) is 13.0. The average Bonchev–Trinajstić information content (AvgIpc) is 2.83. The zero-order valence-electron chi connectivity index (χ0n) is 10.6. The first kappa shape index (κ1) is 14.0. The number of aryl methyl sites for hydroxylation is 1. The fraction of sp³-hybridized carbons (Fsp3) is 0.143. The monoisotopic (exact) mass is 336 g/mol. The molecule has 0 saturated carbocycles. The maximum absolute atomic E-state index is 11.9. The van der Waals surface area contributed by atoms with Crippen LogP contribution in [0.15, 0.2) is 45.3 Å². The quantitative estimate of drug-likeness (QED) is 0.668. The number of hydrazone groups is 1. The molecule has 2 rings (SSSR count). The molecule has 5 heteroatoms. The van der Waals surface area contributed by atoms with E-state index < -0.39 is 0 Å². The number of hydrogen-bond donors (Lipinski definition) is 1. The maximum Gasteiger partial charge on any atom is 0.271 e. The molecule has 3 nitrogen and oxygen atoms in total. The van der Waals surface area contributed by atoms with Gasteiger partial charge < -0.3 is 0 Å². The van der Waals surface area contributed by atoms with Crippen molar-refractivity contribution in [1.82, 2.24) is 5.43 Å². The van der Waals surface area contributed by atoms with Gasteiger partial charge in [-0.15, -0.1) is 11.3 Å². The summed E-state index contributed by atoms with van der Waals surface area (Å²) in [5.41, 5.74) is 5.09. The second-order valence-corrected chi connectivity index (χ2v) is 6.57. The lowest BCUT2D eigenvalue weighted by Crippen LogP contribution is -2.19. The van der Waals surface area contributed by atoms with Crippen LogP contribution in [0.25, 0.3) is 0 Å². The zero-order chi connectivity index (χ0) is 13.8. The normalized spacial score (nSPS) is 11.4. The van der Waals surface area contributed by atoms with Crippen molar-refractivity contribution in [1.29, 1.82) is 0 Å². The van der Waals surface area contributed by atoms with Gasteiger partial charge in [0.15, 0.2) is 0 Å². The fourth-order valence-corrected chi connectivity index (χ4v) is 2.80. The smallest absolute Gasteiger partial charge is 0.267 e. The molecule has 0 atom stereocenters. The summed E-state index contributed by atoms with van der Waals surface area (Å²) in [4.78, 5) is 12.9. The van der Waals surface area contributed by atoms with Crippen molar-refractivity contribution in [2.24, 2.45) is 5.10 Å². The van der Waals surface area contributed by atoms with Crippen LogP contribution in [0.3, 0.4) is 0 Å². The molecule has 1 aromatic heterocycles. The topological polar surface area (TPSA) is 41.5 Å². The Balaban J connectivity index is 2.05. The minimum absolute atomic E-state index is 0.199. The molecule has 1 amide bonds. The van der Waals surface area contributed by atoms with Crippen LogP contribution in [0.1, 0.15) is 27.7 Å². The first-order valence-electron chi connectivity index (χ1n) is 5.73. The van der Waals surface area contributed by atoms with Crippen LogP contribution in [0.4, 0.5) is 0 Å². The molecule has 0 bridgehead atoms. The van der Waals surface area contributed by atoms with Gasteiger partial charge in [0, 0.05) is 5.56 Å². The Labute approximate surface area is 124 Å². The number of rotatable bonds is 3. The third-order valence-electron chi connectivity index (χ3n) is 2.57. The van der Waals surface area contributed by atoms with E-state index >= 15 is 0 Å². The number of nitrogens with one attached hydrogen (secondary N) is 1. The largest absolute Gasteiger partial charge is 0.271 e. The van der Waals surface area contributed by atoms with Crippen molar-refractivity contribution in [3.63, 3.8) is 0 Å². The van der Waals surface area contributed by atoms with Gasteiger partial charge in [0.1, 0.15) is 0 Å². The van der Waals surface area contributed by atoms with Crippen LogP contribution in [0, 0.1) is 6.92 Å². The van der Waals surface area contributed by atoms with Gasteiger partial charge in [0.05, 0.1) is 14.4 Å². The first-order valence-corrected chi connectivity index (χ1v) is 7.34. The second-order valence-electron chi connectivity index (χ2n) is 4.11. The van der Waals surface area contributed by atoms with Crippen molar-refractivity contribution in [3.8, 4) is 0 Å². The lowest BCUT2D eigenvalue weighted by Gasteiger charge is -2.01. The highest BCUT2D eigenvalue weighted by Gasteiger charge is 2.05. The first-order chi connectivity index (χ1) is 9.06. The molecule has 0 aliphatic carbocycles. The molecule has 0 aliphatic rings. The predicted molar refractivity (Wildman–Crippen MR) is 82.9 cm³/mol. The highest BCUT2D eigenvalue weighted by molar-refractivity contribution is 9.11. The van der Waals surface area contributed by atoms with Crippen LogP contribution in [0.2, 0.25) is 0 Å². The lowest BCUT2D eigenvalue weighted by atomic mass is 10.1. The number of benzene rings is 1. The fourth-order valence-electron chi connectivity index (χ4n) is 1.47. The SMILES string of the molecule is C/C(=N/NC(=O)c1ccc(C)cc1)c1ccc(Br)s1. The third-order valence-corrected chi connectivity index (χ3v) is 4.30. The van der Waals surface area contributed by atoms with Crippen molar-refractivity contribution in [3.05, 3.63) is 56.2 Å². The summed E-state index contributed by atoms with van der Waals surface area (Å²) in [6, 6.07) is 11.3. The lowest BCUT2D eigenvalue weighted by molar-refractivity contribution is 0.0955. The molecule has 2 aromatic rings. The van der Waals surface area contributed by atoms with E-state index in [0.29, 0.717) is 5.56 Å². The van der Waals surface area contributed by atoms with Gasteiger partial charge in [-0.1, -0.05) is 17.7 Å². The molecule has 98 valence electrons. The summed E-state index contributed by atoms with van der Waals surface area (Å²) >= 11 is 4.98. The van der Waals surface area contributed by atoms with Crippen LogP contribution in [-0.2, 0) is 0 Å². The highest BCUT2D eigenvalue weighted by Crippen LogP contribution is 2.22. The summed E-state index contributed by atoms with van der Waals surface area (Å²) in [6.45, 7) is 3.85. The molecule has 0 fully saturated rings. The summed E-state index contributed by atoms with van der Waals surface area (Å²) in [6.07, 6.45) is 0. The Bertz CT molecular complexity index is 617. The van der Waals surface area contributed by atoms with Crippen molar-refractivity contribution < 1.29 is 4.79 Å². The predicted octanol–water partition coefficient (Wildman–Crippen LogP) is 3.97. The van der Waals surface area contributed by atoms with E-state index in [1.165, 1.54) is 0 Å². The molecular formula is C14H13BrN2OS. The Kier molecular flexibility index (Phi) is 4.50. The van der Waals surface area contributed by atoms with E-state index in [1.54, 1.807) is 23.5 Å². The van der Waals surface area contributed by atoms with Gasteiger partial charge >= 0.3 is 0 Å². The van der Waals surface area contributed by atoms with Crippen LogP contribution in [0.5, 0.6) is 0 Å². The molecule has 0 unspecified atom stereocenters. The number of carbonyl (C=O) groups excluding carboxylic acids is 1. The number of amides is 1. The highest BCUT2D eigenvalue weighted by atomic mass is 79.9. The molecular weight excluding hydrogens is 324 g/mol. The van der Waals surface area contributed by atoms with Crippen LogP contribution < -0.4 is 5.43 Å². The average molecular weight is 337 g/mol. The van der Waals surface area contributed by atoms with Crippen molar-refractivity contribution in [2.75, 3.05) is 0 Å². The molecule has 19 heavy (non-hydrogen) atoms.